The van der Waals surface area contributed by atoms with Crippen molar-refractivity contribution in [1.29, 1.82) is 0 Å². The Bertz CT molecular complexity index is 523. The molecule has 0 atom stereocenters. The predicted molar refractivity (Wildman–Crippen MR) is 67.1 cm³/mol. The average molecular weight is 230 g/mol. The molecule has 0 aliphatic carbocycles. The highest BCUT2D eigenvalue weighted by molar-refractivity contribution is 5.66. The smallest absolute Gasteiger partial charge is 0.128 e. The quantitative estimate of drug-likeness (QED) is 0.877. The lowest BCUT2D eigenvalue weighted by atomic mass is 10.0. The Morgan fingerprint density at radius 3 is 2.76 bits per heavy atom. The van der Waals surface area contributed by atoms with Gasteiger partial charge in [-0.3, -0.25) is 4.98 Å². The van der Waals surface area contributed by atoms with E-state index in [1.165, 1.54) is 0 Å². The van der Waals surface area contributed by atoms with Crippen LogP contribution in [0, 0.1) is 12.7 Å². The Morgan fingerprint density at radius 1 is 1.29 bits per heavy atom. The van der Waals surface area contributed by atoms with Crippen LogP contribution in [0.5, 0.6) is 0 Å². The van der Waals surface area contributed by atoms with E-state index in [4.69, 9.17) is 0 Å². The zero-order valence-corrected chi connectivity index (χ0v) is 10.00. The predicted octanol–water partition coefficient (Wildman–Crippen LogP) is 2.92. The van der Waals surface area contributed by atoms with Gasteiger partial charge in [0.05, 0.1) is 0 Å². The van der Waals surface area contributed by atoms with E-state index in [9.17, 15) is 4.39 Å². The highest BCUT2D eigenvalue weighted by Crippen LogP contribution is 2.24. The minimum absolute atomic E-state index is 0.173. The third-order valence-corrected chi connectivity index (χ3v) is 2.75. The van der Waals surface area contributed by atoms with E-state index < -0.39 is 0 Å². The topological polar surface area (TPSA) is 24.9 Å². The van der Waals surface area contributed by atoms with Gasteiger partial charge in [-0.1, -0.05) is 12.1 Å². The van der Waals surface area contributed by atoms with Crippen molar-refractivity contribution in [1.82, 2.24) is 10.3 Å². The summed E-state index contributed by atoms with van der Waals surface area (Å²) in [6, 6.07) is 7.25. The van der Waals surface area contributed by atoms with Gasteiger partial charge in [-0.15, -0.1) is 0 Å². The van der Waals surface area contributed by atoms with Gasteiger partial charge >= 0.3 is 0 Å². The van der Waals surface area contributed by atoms with Gasteiger partial charge in [-0.2, -0.15) is 0 Å². The van der Waals surface area contributed by atoms with E-state index in [0.717, 1.165) is 16.7 Å². The second-order valence-electron chi connectivity index (χ2n) is 4.03. The van der Waals surface area contributed by atoms with Crippen LogP contribution in [0.3, 0.4) is 0 Å². The Hall–Kier alpha value is -1.74. The van der Waals surface area contributed by atoms with Crippen molar-refractivity contribution in [3.63, 3.8) is 0 Å². The van der Waals surface area contributed by atoms with Crippen LogP contribution in [-0.2, 0) is 6.54 Å². The van der Waals surface area contributed by atoms with Crippen molar-refractivity contribution in [2.75, 3.05) is 7.05 Å². The summed E-state index contributed by atoms with van der Waals surface area (Å²) in [6.45, 7) is 2.52. The SMILES string of the molecule is CNCc1ccc(-c2ccncc2C)cc1F. The lowest BCUT2D eigenvalue weighted by Crippen LogP contribution is -2.06. The molecule has 88 valence electrons. The van der Waals surface area contributed by atoms with Crippen molar-refractivity contribution < 1.29 is 4.39 Å². The molecule has 2 rings (SSSR count). The minimum Gasteiger partial charge on any atom is -0.316 e. The van der Waals surface area contributed by atoms with Gasteiger partial charge in [-0.25, -0.2) is 4.39 Å². The molecule has 1 N–H and O–H groups in total. The average Bonchev–Trinajstić information content (AvgIpc) is 2.33. The largest absolute Gasteiger partial charge is 0.316 e. The fourth-order valence-corrected chi connectivity index (χ4v) is 1.85. The highest BCUT2D eigenvalue weighted by atomic mass is 19.1. The summed E-state index contributed by atoms with van der Waals surface area (Å²) in [7, 11) is 1.81. The van der Waals surface area contributed by atoms with Crippen LogP contribution in [0.15, 0.2) is 36.7 Å². The van der Waals surface area contributed by atoms with E-state index in [2.05, 4.69) is 10.3 Å². The maximum absolute atomic E-state index is 13.8. The monoisotopic (exact) mass is 230 g/mol. The van der Waals surface area contributed by atoms with Crippen LogP contribution in [0.4, 0.5) is 4.39 Å². The molecule has 0 fully saturated rings. The maximum atomic E-state index is 13.8. The maximum Gasteiger partial charge on any atom is 0.128 e. The number of aryl methyl sites for hydroxylation is 1. The van der Waals surface area contributed by atoms with Gasteiger partial charge in [-0.05, 0) is 42.8 Å². The first-order valence-electron chi connectivity index (χ1n) is 5.56. The van der Waals surface area contributed by atoms with Crippen molar-refractivity contribution in [3.05, 3.63) is 53.6 Å². The Balaban J connectivity index is 2.41. The van der Waals surface area contributed by atoms with Gasteiger partial charge in [0.15, 0.2) is 0 Å². The number of nitrogens with zero attached hydrogens (tertiary/aromatic N) is 1. The van der Waals surface area contributed by atoms with E-state index in [1.54, 1.807) is 25.5 Å². The molecule has 0 radical (unpaired) electrons. The number of pyridine rings is 1. The fourth-order valence-electron chi connectivity index (χ4n) is 1.85. The van der Waals surface area contributed by atoms with Crippen molar-refractivity contribution in [3.8, 4) is 11.1 Å². The minimum atomic E-state index is -0.173. The summed E-state index contributed by atoms with van der Waals surface area (Å²) in [6.07, 6.45) is 3.51. The number of hydrogen-bond donors (Lipinski definition) is 1. The molecule has 0 spiro atoms. The molecular weight excluding hydrogens is 215 g/mol. The first kappa shape index (κ1) is 11.7. The molecule has 0 aliphatic heterocycles. The second-order valence-corrected chi connectivity index (χ2v) is 4.03. The number of benzene rings is 1. The first-order chi connectivity index (χ1) is 8.22. The van der Waals surface area contributed by atoms with E-state index in [0.29, 0.717) is 12.1 Å². The van der Waals surface area contributed by atoms with Crippen LogP contribution < -0.4 is 5.32 Å². The van der Waals surface area contributed by atoms with E-state index in [1.807, 2.05) is 25.1 Å². The summed E-state index contributed by atoms with van der Waals surface area (Å²) < 4.78 is 13.8. The molecular formula is C14H15FN2. The van der Waals surface area contributed by atoms with Crippen LogP contribution in [-0.4, -0.2) is 12.0 Å². The van der Waals surface area contributed by atoms with Gasteiger partial charge in [0, 0.05) is 24.5 Å². The summed E-state index contributed by atoms with van der Waals surface area (Å²) >= 11 is 0. The molecule has 0 bridgehead atoms. The molecule has 3 heteroatoms. The van der Waals surface area contributed by atoms with Crippen LogP contribution in [0.1, 0.15) is 11.1 Å². The van der Waals surface area contributed by atoms with Crippen molar-refractivity contribution >= 4 is 0 Å². The number of rotatable bonds is 3. The molecule has 0 saturated heterocycles. The Morgan fingerprint density at radius 2 is 2.12 bits per heavy atom. The third kappa shape index (κ3) is 2.50. The zero-order valence-electron chi connectivity index (χ0n) is 10.00. The molecule has 2 aromatic rings. The van der Waals surface area contributed by atoms with Gasteiger partial charge in [0.25, 0.3) is 0 Å². The van der Waals surface area contributed by atoms with Gasteiger partial charge < -0.3 is 5.32 Å². The van der Waals surface area contributed by atoms with Crippen LogP contribution >= 0.6 is 0 Å². The van der Waals surface area contributed by atoms with Crippen molar-refractivity contribution in [2.45, 2.75) is 13.5 Å². The molecule has 2 nitrogen and oxygen atoms in total. The normalized spacial score (nSPS) is 10.5. The van der Waals surface area contributed by atoms with Crippen LogP contribution in [0.2, 0.25) is 0 Å². The molecule has 1 heterocycles. The van der Waals surface area contributed by atoms with Gasteiger partial charge in [0.1, 0.15) is 5.82 Å². The number of nitrogens with one attached hydrogen (secondary N) is 1. The highest BCUT2D eigenvalue weighted by Gasteiger charge is 2.06. The van der Waals surface area contributed by atoms with Crippen LogP contribution in [0.25, 0.3) is 11.1 Å². The lowest BCUT2D eigenvalue weighted by molar-refractivity contribution is 0.601. The standard InChI is InChI=1S/C14H15FN2/c1-10-8-17-6-5-13(10)11-3-4-12(9-16-2)14(15)7-11/h3-8,16H,9H2,1-2H3. The summed E-state index contributed by atoms with van der Waals surface area (Å²) in [5.41, 5.74) is 3.65. The molecule has 0 aliphatic rings. The summed E-state index contributed by atoms with van der Waals surface area (Å²) in [5, 5.41) is 2.95. The Kier molecular flexibility index (Phi) is 3.49. The zero-order chi connectivity index (χ0) is 12.3. The summed E-state index contributed by atoms with van der Waals surface area (Å²) in [5.74, 6) is -0.173. The number of halogens is 1. The van der Waals surface area contributed by atoms with E-state index in [-0.39, 0.29) is 5.82 Å². The van der Waals surface area contributed by atoms with Gasteiger partial charge in [0.2, 0.25) is 0 Å². The molecule has 0 unspecified atom stereocenters. The molecule has 1 aromatic carbocycles. The molecule has 0 saturated carbocycles. The number of aromatic nitrogens is 1. The summed E-state index contributed by atoms with van der Waals surface area (Å²) in [4.78, 5) is 4.04. The molecule has 17 heavy (non-hydrogen) atoms. The second kappa shape index (κ2) is 5.06. The fraction of sp³-hybridized carbons (Fsp3) is 0.214. The Labute approximate surface area is 101 Å². The molecule has 1 aromatic heterocycles. The van der Waals surface area contributed by atoms with E-state index >= 15 is 0 Å². The third-order valence-electron chi connectivity index (χ3n) is 2.75. The molecule has 0 amide bonds. The lowest BCUT2D eigenvalue weighted by Gasteiger charge is -2.08. The first-order valence-corrected chi connectivity index (χ1v) is 5.56. The number of hydrogen-bond acceptors (Lipinski definition) is 2. The van der Waals surface area contributed by atoms with Crippen molar-refractivity contribution in [2.24, 2.45) is 0 Å².